The van der Waals surface area contributed by atoms with Gasteiger partial charge < -0.3 is 5.32 Å². The molecule has 1 heterocycles. The van der Waals surface area contributed by atoms with E-state index in [-0.39, 0.29) is 0 Å². The summed E-state index contributed by atoms with van der Waals surface area (Å²) in [6.07, 6.45) is 0. The lowest BCUT2D eigenvalue weighted by atomic mass is 10.2. The predicted octanol–water partition coefficient (Wildman–Crippen LogP) is 2.06. The first-order chi connectivity index (χ1) is 6.77. The molecule has 0 aliphatic rings. The van der Waals surface area contributed by atoms with Gasteiger partial charge in [-0.1, -0.05) is 32.0 Å². The topological polar surface area (TPSA) is 40.7 Å². The van der Waals surface area contributed by atoms with Crippen molar-refractivity contribution in [2.75, 3.05) is 0 Å². The second-order valence-electron chi connectivity index (χ2n) is 3.75. The second-order valence-corrected chi connectivity index (χ2v) is 3.75. The van der Waals surface area contributed by atoms with Crippen LogP contribution in [-0.4, -0.2) is 16.2 Å². The Balaban J connectivity index is 2.25. The number of aromatic amines is 1. The molecule has 3 nitrogen and oxygen atoms in total. The molecule has 1 aromatic carbocycles. The predicted molar refractivity (Wildman–Crippen MR) is 58.1 cm³/mol. The van der Waals surface area contributed by atoms with Gasteiger partial charge in [-0.05, 0) is 6.07 Å². The molecule has 0 fully saturated rings. The van der Waals surface area contributed by atoms with E-state index in [4.69, 9.17) is 0 Å². The normalized spacial score (nSPS) is 11.4. The summed E-state index contributed by atoms with van der Waals surface area (Å²) in [5.41, 5.74) is 2.20. The van der Waals surface area contributed by atoms with Gasteiger partial charge in [0.2, 0.25) is 0 Å². The van der Waals surface area contributed by atoms with Crippen LogP contribution in [-0.2, 0) is 6.54 Å². The summed E-state index contributed by atoms with van der Waals surface area (Å²) in [4.78, 5) is 0. The van der Waals surface area contributed by atoms with Crippen LogP contribution in [0.3, 0.4) is 0 Å². The van der Waals surface area contributed by atoms with Crippen molar-refractivity contribution >= 4 is 10.9 Å². The van der Waals surface area contributed by atoms with Crippen LogP contribution in [0.25, 0.3) is 10.9 Å². The van der Waals surface area contributed by atoms with Crippen molar-refractivity contribution in [1.82, 2.24) is 15.5 Å². The number of nitrogens with zero attached hydrogens (tertiary/aromatic N) is 1. The van der Waals surface area contributed by atoms with Crippen molar-refractivity contribution in [3.05, 3.63) is 30.0 Å². The van der Waals surface area contributed by atoms with Crippen LogP contribution in [0.2, 0.25) is 0 Å². The summed E-state index contributed by atoms with van der Waals surface area (Å²) < 4.78 is 0. The van der Waals surface area contributed by atoms with E-state index in [1.807, 2.05) is 18.2 Å². The van der Waals surface area contributed by atoms with Gasteiger partial charge in [0.15, 0.2) is 0 Å². The standard InChI is InChI=1S/C11H15N3/c1-8(2)12-7-11-9-5-3-4-6-10(9)13-14-11/h3-6,8,12H,7H2,1-2H3,(H,13,14). The summed E-state index contributed by atoms with van der Waals surface area (Å²) in [6.45, 7) is 5.12. The molecule has 2 N–H and O–H groups in total. The first-order valence-corrected chi connectivity index (χ1v) is 4.93. The zero-order valence-corrected chi connectivity index (χ0v) is 8.54. The zero-order valence-electron chi connectivity index (χ0n) is 8.54. The van der Waals surface area contributed by atoms with Gasteiger partial charge in [-0.2, -0.15) is 5.10 Å². The third-order valence-corrected chi connectivity index (χ3v) is 2.23. The summed E-state index contributed by atoms with van der Waals surface area (Å²) in [5, 5.41) is 11.9. The summed E-state index contributed by atoms with van der Waals surface area (Å²) in [6, 6.07) is 8.65. The minimum atomic E-state index is 0.497. The third kappa shape index (κ3) is 1.77. The molecule has 0 atom stereocenters. The molecule has 1 aromatic heterocycles. The number of benzene rings is 1. The van der Waals surface area contributed by atoms with Gasteiger partial charge in [0.05, 0.1) is 11.2 Å². The Morgan fingerprint density at radius 3 is 2.93 bits per heavy atom. The van der Waals surface area contributed by atoms with Crippen LogP contribution in [0.4, 0.5) is 0 Å². The molecule has 0 unspecified atom stereocenters. The highest BCUT2D eigenvalue weighted by Crippen LogP contribution is 2.14. The zero-order chi connectivity index (χ0) is 9.97. The van der Waals surface area contributed by atoms with Crippen LogP contribution in [0, 0.1) is 0 Å². The van der Waals surface area contributed by atoms with Crippen LogP contribution in [0.1, 0.15) is 19.5 Å². The number of fused-ring (bicyclic) bond motifs is 1. The minimum Gasteiger partial charge on any atom is -0.309 e. The maximum Gasteiger partial charge on any atom is 0.0924 e. The smallest absolute Gasteiger partial charge is 0.0924 e. The van der Waals surface area contributed by atoms with Gasteiger partial charge >= 0.3 is 0 Å². The molecule has 2 rings (SSSR count). The molecule has 0 bridgehead atoms. The lowest BCUT2D eigenvalue weighted by Gasteiger charge is -2.05. The summed E-state index contributed by atoms with van der Waals surface area (Å²) in [7, 11) is 0. The first-order valence-electron chi connectivity index (χ1n) is 4.93. The number of nitrogens with one attached hydrogen (secondary N) is 2. The Morgan fingerprint density at radius 2 is 2.14 bits per heavy atom. The molecule has 0 amide bonds. The van der Waals surface area contributed by atoms with Crippen LogP contribution in [0.15, 0.2) is 24.3 Å². The van der Waals surface area contributed by atoms with Crippen molar-refractivity contribution in [1.29, 1.82) is 0 Å². The fraction of sp³-hybridized carbons (Fsp3) is 0.364. The summed E-state index contributed by atoms with van der Waals surface area (Å²) in [5.74, 6) is 0. The molecule has 14 heavy (non-hydrogen) atoms. The number of aromatic nitrogens is 2. The van der Waals surface area contributed by atoms with Gasteiger partial charge in [0.25, 0.3) is 0 Å². The molecule has 74 valence electrons. The van der Waals surface area contributed by atoms with E-state index in [9.17, 15) is 0 Å². The van der Waals surface area contributed by atoms with Crippen LogP contribution >= 0.6 is 0 Å². The third-order valence-electron chi connectivity index (χ3n) is 2.23. The fourth-order valence-corrected chi connectivity index (χ4v) is 1.46. The van der Waals surface area contributed by atoms with E-state index >= 15 is 0 Å². The first kappa shape index (κ1) is 9.21. The van der Waals surface area contributed by atoms with Gasteiger partial charge in [0, 0.05) is 18.0 Å². The molecule has 0 aliphatic heterocycles. The molecule has 0 radical (unpaired) electrons. The van der Waals surface area contributed by atoms with Gasteiger partial charge in [0.1, 0.15) is 0 Å². The largest absolute Gasteiger partial charge is 0.309 e. The fourth-order valence-electron chi connectivity index (χ4n) is 1.46. The molecule has 0 saturated heterocycles. The Labute approximate surface area is 83.5 Å². The molecular weight excluding hydrogens is 174 g/mol. The quantitative estimate of drug-likeness (QED) is 0.776. The van der Waals surface area contributed by atoms with Crippen molar-refractivity contribution in [3.8, 4) is 0 Å². The molecule has 0 spiro atoms. The lowest BCUT2D eigenvalue weighted by molar-refractivity contribution is 0.582. The van der Waals surface area contributed by atoms with E-state index in [2.05, 4.69) is 35.4 Å². The van der Waals surface area contributed by atoms with Crippen molar-refractivity contribution in [3.63, 3.8) is 0 Å². The van der Waals surface area contributed by atoms with Crippen molar-refractivity contribution in [2.24, 2.45) is 0 Å². The van der Waals surface area contributed by atoms with Gasteiger partial charge in [-0.25, -0.2) is 0 Å². The number of hydrogen-bond donors (Lipinski definition) is 2. The number of H-pyrrole nitrogens is 1. The lowest BCUT2D eigenvalue weighted by Crippen LogP contribution is -2.22. The number of rotatable bonds is 3. The van der Waals surface area contributed by atoms with Gasteiger partial charge in [-0.3, -0.25) is 5.10 Å². The highest BCUT2D eigenvalue weighted by Gasteiger charge is 2.03. The Hall–Kier alpha value is -1.35. The number of para-hydroxylation sites is 1. The maximum atomic E-state index is 4.23. The van der Waals surface area contributed by atoms with E-state index in [1.165, 1.54) is 5.39 Å². The molecular formula is C11H15N3. The monoisotopic (exact) mass is 189 g/mol. The highest BCUT2D eigenvalue weighted by molar-refractivity contribution is 5.81. The highest BCUT2D eigenvalue weighted by atomic mass is 15.1. The average molecular weight is 189 g/mol. The van der Waals surface area contributed by atoms with Crippen LogP contribution in [0.5, 0.6) is 0 Å². The number of hydrogen-bond acceptors (Lipinski definition) is 2. The summed E-state index contributed by atoms with van der Waals surface area (Å²) >= 11 is 0. The minimum absolute atomic E-state index is 0.497. The average Bonchev–Trinajstić information content (AvgIpc) is 2.58. The van der Waals surface area contributed by atoms with Gasteiger partial charge in [-0.15, -0.1) is 0 Å². The van der Waals surface area contributed by atoms with Crippen LogP contribution < -0.4 is 5.32 Å². The Bertz CT molecular complexity index is 417. The Morgan fingerprint density at radius 1 is 1.36 bits per heavy atom. The molecule has 3 heteroatoms. The second kappa shape index (κ2) is 3.80. The molecule has 0 aliphatic carbocycles. The van der Waals surface area contributed by atoms with E-state index in [0.29, 0.717) is 6.04 Å². The SMILES string of the molecule is CC(C)NCc1[nH]nc2ccccc12. The van der Waals surface area contributed by atoms with E-state index in [0.717, 1.165) is 17.8 Å². The van der Waals surface area contributed by atoms with Crippen molar-refractivity contribution in [2.45, 2.75) is 26.4 Å². The maximum absolute atomic E-state index is 4.23. The van der Waals surface area contributed by atoms with Crippen molar-refractivity contribution < 1.29 is 0 Å². The Kier molecular flexibility index (Phi) is 2.50. The van der Waals surface area contributed by atoms with E-state index in [1.54, 1.807) is 0 Å². The molecule has 2 aromatic rings. The van der Waals surface area contributed by atoms with E-state index < -0.39 is 0 Å². The molecule has 0 saturated carbocycles.